The van der Waals surface area contributed by atoms with Crippen LogP contribution >= 0.6 is 0 Å². The van der Waals surface area contributed by atoms with Crippen molar-refractivity contribution in [1.29, 1.82) is 0 Å². The average molecular weight is 236 g/mol. The Morgan fingerprint density at radius 3 is 2.35 bits per heavy atom. The lowest BCUT2D eigenvalue weighted by molar-refractivity contribution is -0.0365. The number of halogens is 1. The smallest absolute Gasteiger partial charge is 0.126 e. The minimum absolute atomic E-state index is 0.221. The van der Waals surface area contributed by atoms with E-state index >= 15 is 0 Å². The molecule has 2 heteroatoms. The van der Waals surface area contributed by atoms with Gasteiger partial charge in [0.2, 0.25) is 0 Å². The van der Waals surface area contributed by atoms with Crippen molar-refractivity contribution in [2.45, 2.75) is 45.6 Å². The second-order valence-corrected chi connectivity index (χ2v) is 5.85. The summed E-state index contributed by atoms with van der Waals surface area (Å²) in [6.45, 7) is 6.06. The predicted molar refractivity (Wildman–Crippen MR) is 67.2 cm³/mol. The van der Waals surface area contributed by atoms with Crippen LogP contribution < -0.4 is 0 Å². The fraction of sp³-hybridized carbons (Fsp3) is 0.600. The van der Waals surface area contributed by atoms with Crippen LogP contribution in [0, 0.1) is 24.6 Å². The van der Waals surface area contributed by atoms with Crippen LogP contribution in [-0.4, -0.2) is 5.11 Å². The summed E-state index contributed by atoms with van der Waals surface area (Å²) in [4.78, 5) is 0. The molecular formula is C15H21FO. The summed E-state index contributed by atoms with van der Waals surface area (Å²) < 4.78 is 13.6. The molecule has 0 radical (unpaired) electrons. The van der Waals surface area contributed by atoms with Crippen LogP contribution in [0.25, 0.3) is 0 Å². The van der Waals surface area contributed by atoms with E-state index in [-0.39, 0.29) is 5.82 Å². The molecule has 1 aromatic rings. The van der Waals surface area contributed by atoms with Crippen molar-refractivity contribution in [2.24, 2.45) is 11.8 Å². The molecule has 0 heterocycles. The molecule has 2 unspecified atom stereocenters. The average Bonchev–Trinajstić information content (AvgIpc) is 2.19. The molecule has 0 amide bonds. The normalized spacial score (nSPS) is 33.7. The molecule has 2 atom stereocenters. The quantitative estimate of drug-likeness (QED) is 0.786. The van der Waals surface area contributed by atoms with Crippen LogP contribution in [0.15, 0.2) is 18.2 Å². The first-order chi connectivity index (χ1) is 7.90. The highest BCUT2D eigenvalue weighted by Crippen LogP contribution is 2.42. The molecule has 94 valence electrons. The van der Waals surface area contributed by atoms with Crippen molar-refractivity contribution in [3.63, 3.8) is 0 Å². The van der Waals surface area contributed by atoms with E-state index in [1.807, 2.05) is 6.07 Å². The molecule has 0 bridgehead atoms. The second kappa shape index (κ2) is 4.41. The molecule has 1 aromatic carbocycles. The maximum Gasteiger partial charge on any atom is 0.126 e. The number of aliphatic hydroxyl groups is 1. The molecule has 1 N–H and O–H groups in total. The fourth-order valence-corrected chi connectivity index (χ4v) is 3.21. The number of hydrogen-bond donors (Lipinski definition) is 1. The monoisotopic (exact) mass is 236 g/mol. The van der Waals surface area contributed by atoms with Crippen LogP contribution in [0.5, 0.6) is 0 Å². The highest BCUT2D eigenvalue weighted by atomic mass is 19.1. The van der Waals surface area contributed by atoms with Gasteiger partial charge >= 0.3 is 0 Å². The molecular weight excluding hydrogens is 215 g/mol. The molecule has 1 nitrogen and oxygen atoms in total. The number of aryl methyl sites for hydroxylation is 1. The van der Waals surface area contributed by atoms with E-state index in [0.29, 0.717) is 17.4 Å². The van der Waals surface area contributed by atoms with Crippen LogP contribution in [0.4, 0.5) is 4.39 Å². The third-order valence-electron chi connectivity index (χ3n) is 3.89. The van der Waals surface area contributed by atoms with Crippen LogP contribution in [0.1, 0.15) is 44.2 Å². The zero-order valence-corrected chi connectivity index (χ0v) is 10.8. The predicted octanol–water partition coefficient (Wildman–Crippen LogP) is 3.78. The largest absolute Gasteiger partial charge is 0.385 e. The van der Waals surface area contributed by atoms with Gasteiger partial charge in [-0.2, -0.15) is 0 Å². The van der Waals surface area contributed by atoms with Crippen molar-refractivity contribution in [2.75, 3.05) is 0 Å². The van der Waals surface area contributed by atoms with Gasteiger partial charge in [0, 0.05) is 0 Å². The first-order valence-electron chi connectivity index (χ1n) is 6.40. The Morgan fingerprint density at radius 2 is 1.82 bits per heavy atom. The Bertz CT molecular complexity index is 403. The molecule has 2 rings (SSSR count). The molecule has 0 saturated heterocycles. The van der Waals surface area contributed by atoms with Gasteiger partial charge in [-0.3, -0.25) is 0 Å². The molecule has 1 saturated carbocycles. The van der Waals surface area contributed by atoms with E-state index in [2.05, 4.69) is 13.8 Å². The van der Waals surface area contributed by atoms with Gasteiger partial charge in [-0.15, -0.1) is 0 Å². The maximum atomic E-state index is 13.6. The Balaban J connectivity index is 2.33. The Morgan fingerprint density at radius 1 is 1.24 bits per heavy atom. The SMILES string of the molecule is Cc1ccc(C2(O)CC(C)CC(C)C2)cc1F. The number of rotatable bonds is 1. The van der Waals surface area contributed by atoms with Gasteiger partial charge in [-0.1, -0.05) is 26.0 Å². The van der Waals surface area contributed by atoms with E-state index < -0.39 is 5.60 Å². The fourth-order valence-electron chi connectivity index (χ4n) is 3.21. The van der Waals surface area contributed by atoms with Crippen LogP contribution in [0.2, 0.25) is 0 Å². The summed E-state index contributed by atoms with van der Waals surface area (Å²) in [7, 11) is 0. The van der Waals surface area contributed by atoms with Crippen molar-refractivity contribution >= 4 is 0 Å². The van der Waals surface area contributed by atoms with Crippen molar-refractivity contribution in [3.05, 3.63) is 35.1 Å². The third-order valence-corrected chi connectivity index (χ3v) is 3.89. The van der Waals surface area contributed by atoms with Gasteiger partial charge in [-0.25, -0.2) is 4.39 Å². The Hall–Kier alpha value is -0.890. The Kier molecular flexibility index (Phi) is 3.26. The van der Waals surface area contributed by atoms with E-state index in [9.17, 15) is 9.50 Å². The highest BCUT2D eigenvalue weighted by Gasteiger charge is 2.37. The van der Waals surface area contributed by atoms with E-state index in [1.165, 1.54) is 6.07 Å². The van der Waals surface area contributed by atoms with Gasteiger partial charge < -0.3 is 5.11 Å². The molecule has 0 aliphatic heterocycles. The first-order valence-corrected chi connectivity index (χ1v) is 6.40. The Labute approximate surface area is 103 Å². The van der Waals surface area contributed by atoms with Crippen LogP contribution in [-0.2, 0) is 5.60 Å². The molecule has 1 fully saturated rings. The maximum absolute atomic E-state index is 13.6. The van der Waals surface area contributed by atoms with Gasteiger partial charge in [0.1, 0.15) is 5.82 Å². The topological polar surface area (TPSA) is 20.2 Å². The van der Waals surface area contributed by atoms with Gasteiger partial charge in [0.25, 0.3) is 0 Å². The second-order valence-electron chi connectivity index (χ2n) is 5.85. The minimum Gasteiger partial charge on any atom is -0.385 e. The first kappa shape index (κ1) is 12.6. The van der Waals surface area contributed by atoms with Gasteiger partial charge in [-0.05, 0) is 55.2 Å². The summed E-state index contributed by atoms with van der Waals surface area (Å²) in [6, 6.07) is 5.12. The molecule has 17 heavy (non-hydrogen) atoms. The van der Waals surface area contributed by atoms with Crippen molar-refractivity contribution < 1.29 is 9.50 Å². The van der Waals surface area contributed by atoms with Gasteiger partial charge in [0.15, 0.2) is 0 Å². The summed E-state index contributed by atoms with van der Waals surface area (Å²) >= 11 is 0. The minimum atomic E-state index is -0.842. The van der Waals surface area contributed by atoms with E-state index in [0.717, 1.165) is 24.8 Å². The standard InChI is InChI=1S/C15H21FO/c1-10-6-11(2)9-15(17,8-10)13-5-4-12(3)14(16)7-13/h4-5,7,10-11,17H,6,8-9H2,1-3H3. The number of hydrogen-bond acceptors (Lipinski definition) is 1. The van der Waals surface area contributed by atoms with E-state index in [4.69, 9.17) is 0 Å². The summed E-state index contributed by atoms with van der Waals surface area (Å²) in [5, 5.41) is 10.7. The van der Waals surface area contributed by atoms with E-state index in [1.54, 1.807) is 13.0 Å². The lowest BCUT2D eigenvalue weighted by Gasteiger charge is -2.39. The molecule has 1 aliphatic rings. The summed E-state index contributed by atoms with van der Waals surface area (Å²) in [5.41, 5.74) is 0.527. The zero-order valence-electron chi connectivity index (χ0n) is 10.8. The number of benzene rings is 1. The van der Waals surface area contributed by atoms with Crippen molar-refractivity contribution in [1.82, 2.24) is 0 Å². The van der Waals surface area contributed by atoms with Gasteiger partial charge in [0.05, 0.1) is 5.60 Å². The lowest BCUT2D eigenvalue weighted by atomic mass is 9.71. The molecule has 0 aromatic heterocycles. The van der Waals surface area contributed by atoms with Crippen LogP contribution in [0.3, 0.4) is 0 Å². The summed E-state index contributed by atoms with van der Waals surface area (Å²) in [5.74, 6) is 0.767. The summed E-state index contributed by atoms with van der Waals surface area (Å²) in [6.07, 6.45) is 2.62. The highest BCUT2D eigenvalue weighted by molar-refractivity contribution is 5.28. The van der Waals surface area contributed by atoms with Crippen molar-refractivity contribution in [3.8, 4) is 0 Å². The zero-order chi connectivity index (χ0) is 12.6. The third kappa shape index (κ3) is 2.52. The lowest BCUT2D eigenvalue weighted by Crippen LogP contribution is -2.35. The molecule has 0 spiro atoms. The molecule has 1 aliphatic carbocycles.